The molecule has 7 nitrogen and oxygen atoms in total. The zero-order valence-electron chi connectivity index (χ0n) is 14.1. The van der Waals surface area contributed by atoms with Crippen LogP contribution in [0.15, 0.2) is 34.5 Å². The van der Waals surface area contributed by atoms with Gasteiger partial charge >= 0.3 is 5.97 Å². The van der Waals surface area contributed by atoms with Gasteiger partial charge in [0, 0.05) is 24.5 Å². The van der Waals surface area contributed by atoms with E-state index in [0.29, 0.717) is 36.1 Å². The molecule has 136 valence electrons. The molecule has 0 aliphatic heterocycles. The third kappa shape index (κ3) is 4.77. The normalized spacial score (nSPS) is 11.6. The number of rotatable bonds is 9. The number of carbonyl (C=O) groups is 1. The average molecular weight is 383 g/mol. The number of aromatic nitrogens is 1. The molecule has 0 radical (unpaired) electrons. The van der Waals surface area contributed by atoms with Crippen molar-refractivity contribution in [3.05, 3.63) is 40.9 Å². The Kier molecular flexibility index (Phi) is 6.51. The number of thiophene rings is 1. The van der Waals surface area contributed by atoms with Crippen LogP contribution in [0, 0.1) is 0 Å². The van der Waals surface area contributed by atoms with Crippen molar-refractivity contribution in [2.45, 2.75) is 24.5 Å². The summed E-state index contributed by atoms with van der Waals surface area (Å²) in [5.74, 6) is -0.597. The van der Waals surface area contributed by atoms with E-state index >= 15 is 0 Å². The Morgan fingerprint density at radius 1 is 1.24 bits per heavy atom. The number of nitrogens with one attached hydrogen (secondary N) is 1. The van der Waals surface area contributed by atoms with E-state index in [2.05, 4.69) is 10.3 Å². The summed E-state index contributed by atoms with van der Waals surface area (Å²) >= 11 is 1.26. The van der Waals surface area contributed by atoms with Gasteiger partial charge in [-0.3, -0.25) is 0 Å². The van der Waals surface area contributed by atoms with Gasteiger partial charge < -0.3 is 10.4 Å². The summed E-state index contributed by atoms with van der Waals surface area (Å²) < 4.78 is 26.7. The average Bonchev–Trinajstić information content (AvgIpc) is 3.06. The third-order valence-corrected chi connectivity index (χ3v) is 7.24. The minimum absolute atomic E-state index is 0.0197. The summed E-state index contributed by atoms with van der Waals surface area (Å²) in [5.41, 5.74) is -0.0197. The highest BCUT2D eigenvalue weighted by molar-refractivity contribution is 7.91. The Morgan fingerprint density at radius 2 is 1.96 bits per heavy atom. The molecule has 0 saturated carbocycles. The van der Waals surface area contributed by atoms with Crippen LogP contribution in [0.1, 0.15) is 29.2 Å². The first-order valence-electron chi connectivity index (χ1n) is 7.91. The van der Waals surface area contributed by atoms with Crippen molar-refractivity contribution in [2.24, 2.45) is 0 Å². The van der Waals surface area contributed by atoms with Gasteiger partial charge in [0.15, 0.2) is 5.69 Å². The van der Waals surface area contributed by atoms with E-state index in [1.807, 2.05) is 19.9 Å². The lowest BCUT2D eigenvalue weighted by Gasteiger charge is -2.16. The van der Waals surface area contributed by atoms with Gasteiger partial charge in [-0.05, 0) is 30.7 Å². The lowest BCUT2D eigenvalue weighted by Crippen LogP contribution is -2.29. The number of sulfonamides is 1. The van der Waals surface area contributed by atoms with Crippen LogP contribution in [0.4, 0.5) is 5.82 Å². The fourth-order valence-corrected chi connectivity index (χ4v) is 5.26. The van der Waals surface area contributed by atoms with Gasteiger partial charge in [0.2, 0.25) is 0 Å². The van der Waals surface area contributed by atoms with Gasteiger partial charge in [-0.25, -0.2) is 18.2 Å². The van der Waals surface area contributed by atoms with Crippen LogP contribution in [-0.2, 0) is 16.4 Å². The highest BCUT2D eigenvalue weighted by atomic mass is 32.2. The number of hydrogen-bond donors (Lipinski definition) is 2. The maximum atomic E-state index is 12.5. The minimum Gasteiger partial charge on any atom is -0.477 e. The van der Waals surface area contributed by atoms with E-state index in [1.165, 1.54) is 21.7 Å². The second kappa shape index (κ2) is 8.41. The Labute approximate surface area is 151 Å². The van der Waals surface area contributed by atoms with Crippen LogP contribution < -0.4 is 5.32 Å². The van der Waals surface area contributed by atoms with Crippen molar-refractivity contribution in [3.63, 3.8) is 0 Å². The van der Waals surface area contributed by atoms with E-state index in [1.54, 1.807) is 18.2 Å². The lowest BCUT2D eigenvalue weighted by atomic mass is 10.3. The third-order valence-electron chi connectivity index (χ3n) is 3.58. The van der Waals surface area contributed by atoms with Crippen molar-refractivity contribution in [1.29, 1.82) is 0 Å². The van der Waals surface area contributed by atoms with E-state index in [0.717, 1.165) is 4.88 Å². The van der Waals surface area contributed by atoms with E-state index < -0.39 is 16.0 Å². The minimum atomic E-state index is -3.42. The number of carboxylic acid groups (broad SMARTS) is 1. The van der Waals surface area contributed by atoms with Crippen molar-refractivity contribution in [2.75, 3.05) is 25.0 Å². The largest absolute Gasteiger partial charge is 0.477 e. The molecule has 0 amide bonds. The monoisotopic (exact) mass is 383 g/mol. The molecule has 0 bridgehead atoms. The maximum Gasteiger partial charge on any atom is 0.354 e. The Morgan fingerprint density at radius 3 is 2.60 bits per heavy atom. The maximum absolute atomic E-state index is 12.5. The smallest absolute Gasteiger partial charge is 0.354 e. The molecule has 0 unspecified atom stereocenters. The molecule has 2 rings (SSSR count). The molecule has 0 aromatic carbocycles. The summed E-state index contributed by atoms with van der Waals surface area (Å²) in [7, 11) is -3.42. The predicted molar refractivity (Wildman–Crippen MR) is 97.8 cm³/mol. The van der Waals surface area contributed by atoms with Crippen molar-refractivity contribution < 1.29 is 18.3 Å². The molecular formula is C16H21N3O4S2. The van der Waals surface area contributed by atoms with Crippen molar-refractivity contribution >= 4 is 33.1 Å². The van der Waals surface area contributed by atoms with Crippen LogP contribution in [0.25, 0.3) is 0 Å². The number of anilines is 1. The summed E-state index contributed by atoms with van der Waals surface area (Å²) in [6.07, 6.45) is 0.622. The molecule has 0 aliphatic rings. The Hall–Kier alpha value is -1.97. The van der Waals surface area contributed by atoms with Crippen LogP contribution >= 0.6 is 11.3 Å². The van der Waals surface area contributed by atoms with Crippen molar-refractivity contribution in [3.8, 4) is 0 Å². The van der Waals surface area contributed by atoms with Crippen LogP contribution in [-0.4, -0.2) is 48.4 Å². The molecule has 25 heavy (non-hydrogen) atoms. The van der Waals surface area contributed by atoms with Crippen LogP contribution in [0.3, 0.4) is 0 Å². The number of pyridine rings is 1. The molecule has 2 aromatic heterocycles. The quantitative estimate of drug-likeness (QED) is 0.690. The molecule has 2 heterocycles. The molecule has 0 spiro atoms. The standard InChI is InChI=1S/C16H21N3O4S2/c1-3-19(4-2)25(22,23)15-9-8-12(24-15)10-11-17-14-7-5-6-13(18-14)16(20)21/h5-9H,3-4,10-11H2,1-2H3,(H,17,18)(H,20,21). The Bertz CT molecular complexity index is 829. The summed E-state index contributed by atoms with van der Waals surface area (Å²) in [6, 6.07) is 8.19. The summed E-state index contributed by atoms with van der Waals surface area (Å²) in [4.78, 5) is 15.8. The van der Waals surface area contributed by atoms with E-state index in [4.69, 9.17) is 5.11 Å². The number of hydrogen-bond acceptors (Lipinski definition) is 6. The zero-order chi connectivity index (χ0) is 18.4. The van der Waals surface area contributed by atoms with Crippen LogP contribution in [0.5, 0.6) is 0 Å². The molecule has 0 atom stereocenters. The first kappa shape index (κ1) is 19.4. The summed E-state index contributed by atoms with van der Waals surface area (Å²) in [5, 5.41) is 12.0. The SMILES string of the molecule is CCN(CC)S(=O)(=O)c1ccc(CCNc2cccc(C(=O)O)n2)s1. The topological polar surface area (TPSA) is 99.6 Å². The highest BCUT2D eigenvalue weighted by Gasteiger charge is 2.23. The zero-order valence-corrected chi connectivity index (χ0v) is 15.7. The highest BCUT2D eigenvalue weighted by Crippen LogP contribution is 2.25. The van der Waals surface area contributed by atoms with Gasteiger partial charge in [0.25, 0.3) is 10.0 Å². The van der Waals surface area contributed by atoms with E-state index in [9.17, 15) is 13.2 Å². The van der Waals surface area contributed by atoms with Gasteiger partial charge in [0.1, 0.15) is 10.0 Å². The molecule has 2 N–H and O–H groups in total. The molecular weight excluding hydrogens is 362 g/mol. The van der Waals surface area contributed by atoms with Gasteiger partial charge in [-0.15, -0.1) is 11.3 Å². The molecule has 0 fully saturated rings. The first-order valence-corrected chi connectivity index (χ1v) is 10.2. The first-order chi connectivity index (χ1) is 11.9. The molecule has 0 aliphatic carbocycles. The lowest BCUT2D eigenvalue weighted by molar-refractivity contribution is 0.0690. The number of carboxylic acids is 1. The predicted octanol–water partition coefficient (Wildman–Crippen LogP) is 2.53. The van der Waals surface area contributed by atoms with Gasteiger partial charge in [-0.1, -0.05) is 19.9 Å². The van der Waals surface area contributed by atoms with Crippen molar-refractivity contribution in [1.82, 2.24) is 9.29 Å². The van der Waals surface area contributed by atoms with Gasteiger partial charge in [-0.2, -0.15) is 4.31 Å². The fourth-order valence-electron chi connectivity index (χ4n) is 2.29. The van der Waals surface area contributed by atoms with Gasteiger partial charge in [0.05, 0.1) is 0 Å². The second-order valence-electron chi connectivity index (χ2n) is 5.20. The second-order valence-corrected chi connectivity index (χ2v) is 8.53. The molecule has 2 aromatic rings. The van der Waals surface area contributed by atoms with E-state index in [-0.39, 0.29) is 5.69 Å². The Balaban J connectivity index is 1.98. The molecule has 9 heteroatoms. The number of aromatic carboxylic acids is 1. The van der Waals surface area contributed by atoms with Crippen LogP contribution in [0.2, 0.25) is 0 Å². The summed E-state index contributed by atoms with van der Waals surface area (Å²) in [6.45, 7) is 5.05. The fraction of sp³-hybridized carbons (Fsp3) is 0.375. The molecule has 0 saturated heterocycles. The number of nitrogens with zero attached hydrogens (tertiary/aromatic N) is 2.